The maximum atomic E-state index is 15.0. The van der Waals surface area contributed by atoms with Crippen molar-refractivity contribution >= 4 is 52.9 Å². The zero-order valence-electron chi connectivity index (χ0n) is 25.4. The molecule has 1 unspecified atom stereocenters. The minimum atomic E-state index is -0.789. The Morgan fingerprint density at radius 2 is 1.94 bits per heavy atom. The van der Waals surface area contributed by atoms with Crippen LogP contribution >= 0.6 is 23.2 Å². The van der Waals surface area contributed by atoms with E-state index in [1.54, 1.807) is 42.5 Å². The molecule has 48 heavy (non-hydrogen) atoms. The van der Waals surface area contributed by atoms with Crippen molar-refractivity contribution in [2.75, 3.05) is 19.5 Å². The summed E-state index contributed by atoms with van der Waals surface area (Å²) >= 11 is 12.9. The number of H-pyrrole nitrogens is 1. The monoisotopic (exact) mass is 689 g/mol. The van der Waals surface area contributed by atoms with Gasteiger partial charge in [-0.1, -0.05) is 35.3 Å². The Morgan fingerprint density at radius 3 is 2.71 bits per heavy atom. The average molecular weight is 691 g/mol. The number of halogens is 3. The van der Waals surface area contributed by atoms with Crippen molar-refractivity contribution in [1.29, 1.82) is 0 Å². The van der Waals surface area contributed by atoms with Gasteiger partial charge in [-0.3, -0.25) is 14.9 Å². The van der Waals surface area contributed by atoms with Crippen molar-refractivity contribution in [2.45, 2.75) is 19.0 Å². The number of amides is 3. The number of ether oxygens (including phenoxy) is 1. The van der Waals surface area contributed by atoms with Gasteiger partial charge in [-0.2, -0.15) is 4.68 Å². The third kappa shape index (κ3) is 6.89. The van der Waals surface area contributed by atoms with Gasteiger partial charge >= 0.3 is 6.09 Å². The van der Waals surface area contributed by atoms with Crippen LogP contribution < -0.4 is 10.6 Å². The predicted octanol–water partition coefficient (Wildman–Crippen LogP) is 5.38. The fourth-order valence-corrected chi connectivity index (χ4v) is 5.71. The topological polar surface area (TPSA) is 160 Å². The first kappa shape index (κ1) is 32.3. The largest absolute Gasteiger partial charge is 0.453 e. The summed E-state index contributed by atoms with van der Waals surface area (Å²) in [6, 6.07) is 13.4. The summed E-state index contributed by atoms with van der Waals surface area (Å²) in [5.74, 6) is -1.43. The minimum Gasteiger partial charge on any atom is -0.453 e. The van der Waals surface area contributed by atoms with Gasteiger partial charge in [-0.25, -0.2) is 14.2 Å². The zero-order chi connectivity index (χ0) is 33.9. The van der Waals surface area contributed by atoms with Crippen LogP contribution in [0.1, 0.15) is 38.9 Å². The number of benzene rings is 3. The van der Waals surface area contributed by atoms with Crippen molar-refractivity contribution in [3.05, 3.63) is 111 Å². The van der Waals surface area contributed by atoms with Gasteiger partial charge in [-0.05, 0) is 76.5 Å². The number of aromatic amines is 1. The normalized spacial score (nSPS) is 14.5. The van der Waals surface area contributed by atoms with Gasteiger partial charge in [0.2, 0.25) is 5.91 Å². The molecule has 1 atom stereocenters. The highest BCUT2D eigenvalue weighted by molar-refractivity contribution is 6.32. The number of rotatable bonds is 5. The number of nitrogens with zero attached hydrogens (tertiary/aromatic N) is 6. The molecule has 0 spiro atoms. The van der Waals surface area contributed by atoms with Gasteiger partial charge < -0.3 is 19.9 Å². The highest BCUT2D eigenvalue weighted by atomic mass is 35.5. The third-order valence-corrected chi connectivity index (χ3v) is 8.08. The molecule has 3 aromatic carbocycles. The number of hydrogen-bond acceptors (Lipinski definition) is 8. The fourth-order valence-electron chi connectivity index (χ4n) is 5.29. The molecule has 3 N–H and O–H groups in total. The Hall–Kier alpha value is -5.60. The van der Waals surface area contributed by atoms with E-state index in [1.807, 2.05) is 0 Å². The molecule has 13 nitrogen and oxygen atoms in total. The molecule has 244 valence electrons. The van der Waals surface area contributed by atoms with E-state index in [-0.39, 0.29) is 23.7 Å². The van der Waals surface area contributed by atoms with E-state index in [1.165, 1.54) is 54.3 Å². The Morgan fingerprint density at radius 1 is 1.10 bits per heavy atom. The summed E-state index contributed by atoms with van der Waals surface area (Å²) in [5, 5.41) is 17.4. The summed E-state index contributed by atoms with van der Waals surface area (Å²) in [4.78, 5) is 48.0. The fraction of sp³-hybridized carbons (Fsp3) is 0.156. The van der Waals surface area contributed by atoms with Crippen LogP contribution in [-0.2, 0) is 22.5 Å². The van der Waals surface area contributed by atoms with Gasteiger partial charge in [0.1, 0.15) is 28.8 Å². The lowest BCUT2D eigenvalue weighted by Crippen LogP contribution is -2.30. The first-order valence-corrected chi connectivity index (χ1v) is 15.1. The third-order valence-electron chi connectivity index (χ3n) is 7.57. The van der Waals surface area contributed by atoms with E-state index in [9.17, 15) is 14.4 Å². The van der Waals surface area contributed by atoms with Crippen molar-refractivity contribution in [2.24, 2.45) is 0 Å². The second-order valence-electron chi connectivity index (χ2n) is 10.8. The summed E-state index contributed by atoms with van der Waals surface area (Å²) in [6.07, 6.45) is 3.76. The molecule has 16 heteroatoms. The molecule has 0 aliphatic carbocycles. The van der Waals surface area contributed by atoms with Crippen LogP contribution in [0.15, 0.2) is 67.0 Å². The Kier molecular flexibility index (Phi) is 9.19. The summed E-state index contributed by atoms with van der Waals surface area (Å²) in [6.45, 7) is 0.0220. The molecule has 0 radical (unpaired) electrons. The van der Waals surface area contributed by atoms with Gasteiger partial charge in [0, 0.05) is 41.5 Å². The van der Waals surface area contributed by atoms with Crippen LogP contribution in [0.3, 0.4) is 0 Å². The van der Waals surface area contributed by atoms with E-state index in [2.05, 4.69) is 31.1 Å². The number of hydrogen-bond donors (Lipinski definition) is 3. The number of aromatic nitrogens is 6. The maximum Gasteiger partial charge on any atom is 0.411 e. The number of nitrogens with one attached hydrogen (secondary N) is 3. The van der Waals surface area contributed by atoms with Crippen molar-refractivity contribution in [1.82, 2.24) is 40.4 Å². The first-order chi connectivity index (χ1) is 23.1. The Balaban J connectivity index is 1.39. The number of fused-ring (bicyclic) bond motifs is 6. The first-order valence-electron chi connectivity index (χ1n) is 14.4. The predicted molar refractivity (Wildman–Crippen MR) is 175 cm³/mol. The SMILES string of the molecule is COC(=O)Nc1ccc2c(c1)CN(C)C(=O)c1cc(ccc1F)CC(NC(=O)/C=C/c1cc(Cl)ccc1-n1cnnn1)c1nc-2c(Cl)[nH]1. The van der Waals surface area contributed by atoms with Crippen molar-refractivity contribution in [3.63, 3.8) is 0 Å². The average Bonchev–Trinajstić information content (AvgIpc) is 3.74. The minimum absolute atomic E-state index is 0.0220. The number of imidazole rings is 1. The second-order valence-corrected chi connectivity index (χ2v) is 11.6. The van der Waals surface area contributed by atoms with Crippen LogP contribution in [0.2, 0.25) is 10.2 Å². The number of carbonyl (C=O) groups is 3. The van der Waals surface area contributed by atoms with E-state index in [4.69, 9.17) is 32.9 Å². The van der Waals surface area contributed by atoms with Crippen LogP contribution in [-0.4, -0.2) is 67.1 Å². The molecule has 5 aromatic rings. The number of anilines is 1. The molecule has 2 aromatic heterocycles. The number of carbonyl (C=O) groups excluding carboxylic acids is 3. The van der Waals surface area contributed by atoms with Gasteiger partial charge in [-0.15, -0.1) is 5.10 Å². The van der Waals surface area contributed by atoms with E-state index in [0.717, 1.165) is 0 Å². The Labute approximate surface area is 282 Å². The molecule has 3 heterocycles. The van der Waals surface area contributed by atoms with Crippen molar-refractivity contribution in [3.8, 4) is 16.9 Å². The lowest BCUT2D eigenvalue weighted by Gasteiger charge is -2.21. The molecule has 4 bridgehead atoms. The van der Waals surface area contributed by atoms with Gasteiger partial charge in [0.15, 0.2) is 0 Å². The molecular formula is C32H26Cl2FN9O4. The zero-order valence-corrected chi connectivity index (χ0v) is 26.9. The van der Waals surface area contributed by atoms with Crippen LogP contribution in [0, 0.1) is 5.82 Å². The molecule has 1 aliphatic heterocycles. The Bertz CT molecular complexity index is 2070. The molecule has 0 fully saturated rings. The van der Waals surface area contributed by atoms with E-state index < -0.39 is 29.8 Å². The quantitative estimate of drug-likeness (QED) is 0.208. The number of methoxy groups -OCH3 is 1. The van der Waals surface area contributed by atoms with E-state index >= 15 is 4.39 Å². The highest BCUT2D eigenvalue weighted by Crippen LogP contribution is 2.34. The highest BCUT2D eigenvalue weighted by Gasteiger charge is 2.26. The second kappa shape index (κ2) is 13.6. The van der Waals surface area contributed by atoms with Crippen molar-refractivity contribution < 1.29 is 23.5 Å². The molecule has 3 amide bonds. The standard InChI is InChI=1S/C32H26Cl2FN9O4/c1-43-15-19-14-21(37-32(47)48-2)6-7-22(19)28-29(34)40-30(39-28)25(12-17-3-8-24(35)23(11-17)31(43)46)38-27(45)10-4-18-13-20(33)5-9-26(18)44-16-36-41-42-44/h3-11,13-14,16,25H,12,15H2,1-2H3,(H,37,47)(H,38,45)(H,39,40)/b10-4+. The van der Waals surface area contributed by atoms with Crippen LogP contribution in [0.25, 0.3) is 23.0 Å². The number of tetrazole rings is 1. The molecular weight excluding hydrogens is 664 g/mol. The maximum absolute atomic E-state index is 15.0. The molecule has 6 rings (SSSR count). The lowest BCUT2D eigenvalue weighted by atomic mass is 10.0. The summed E-state index contributed by atoms with van der Waals surface area (Å²) in [7, 11) is 2.78. The summed E-state index contributed by atoms with van der Waals surface area (Å²) in [5.41, 5.74) is 3.44. The lowest BCUT2D eigenvalue weighted by molar-refractivity contribution is -0.117. The summed E-state index contributed by atoms with van der Waals surface area (Å²) < 4.78 is 21.2. The molecule has 0 saturated carbocycles. The molecule has 1 aliphatic rings. The van der Waals surface area contributed by atoms with Crippen LogP contribution in [0.5, 0.6) is 0 Å². The van der Waals surface area contributed by atoms with E-state index in [0.29, 0.717) is 50.2 Å². The smallest absolute Gasteiger partial charge is 0.411 e. The van der Waals surface area contributed by atoms with Gasteiger partial charge in [0.05, 0.1) is 24.4 Å². The van der Waals surface area contributed by atoms with Gasteiger partial charge in [0.25, 0.3) is 5.91 Å². The molecule has 0 saturated heterocycles. The van der Waals surface area contributed by atoms with Crippen LogP contribution in [0.4, 0.5) is 14.9 Å².